The van der Waals surface area contributed by atoms with Gasteiger partial charge in [-0.3, -0.25) is 0 Å². The molecule has 5 aromatic carbocycles. The summed E-state index contributed by atoms with van der Waals surface area (Å²) in [6.07, 6.45) is 0. The average Bonchev–Trinajstić information content (AvgIpc) is 2.94. The molecular formula is C30H28N4O4S. The Balaban J connectivity index is 0.000000379. The Morgan fingerprint density at radius 1 is 0.410 bits per heavy atom. The number of rotatable bonds is 6. The van der Waals surface area contributed by atoms with E-state index < -0.39 is 9.84 Å². The largest absolute Gasteiger partial charge is 0.456 e. The zero-order valence-corrected chi connectivity index (χ0v) is 21.7. The minimum Gasteiger partial charge on any atom is -0.456 e. The van der Waals surface area contributed by atoms with Gasteiger partial charge in [0, 0.05) is 22.7 Å². The number of hydrogen-bond donors (Lipinski definition) is 4. The fourth-order valence-corrected chi connectivity index (χ4v) is 4.95. The molecule has 0 amide bonds. The first-order chi connectivity index (χ1) is 18.7. The van der Waals surface area contributed by atoms with E-state index in [0.717, 1.165) is 11.4 Å². The summed E-state index contributed by atoms with van der Waals surface area (Å²) in [5.41, 5.74) is 24.8. The van der Waals surface area contributed by atoms with E-state index in [9.17, 15) is 8.42 Å². The van der Waals surface area contributed by atoms with Crippen LogP contribution in [0.25, 0.3) is 0 Å². The lowest BCUT2D eigenvalue weighted by molar-refractivity contribution is 0.462. The molecule has 9 heteroatoms. The van der Waals surface area contributed by atoms with Gasteiger partial charge in [-0.15, -0.1) is 0 Å². The van der Waals surface area contributed by atoms with Crippen molar-refractivity contribution in [3.8, 4) is 23.0 Å². The van der Waals surface area contributed by atoms with Crippen LogP contribution < -0.4 is 32.4 Å². The van der Waals surface area contributed by atoms with Crippen molar-refractivity contribution in [1.29, 1.82) is 0 Å². The second-order valence-corrected chi connectivity index (χ2v) is 10.3. The summed E-state index contributed by atoms with van der Waals surface area (Å²) in [7, 11) is -3.96. The predicted octanol–water partition coefficient (Wildman–Crippen LogP) is 6.12. The van der Waals surface area contributed by atoms with Crippen LogP contribution >= 0.6 is 0 Å². The molecule has 198 valence electrons. The van der Waals surface area contributed by atoms with Crippen LogP contribution in [-0.4, -0.2) is 8.42 Å². The van der Waals surface area contributed by atoms with Gasteiger partial charge in [-0.2, -0.15) is 0 Å². The number of hydrogen-bond acceptors (Lipinski definition) is 8. The molecule has 0 spiro atoms. The summed E-state index contributed by atoms with van der Waals surface area (Å²) in [4.78, 5) is 0.0559. The Hall–Kier alpha value is -5.15. The van der Waals surface area contributed by atoms with Gasteiger partial charge in [-0.05, 0) is 97.1 Å². The van der Waals surface area contributed by atoms with Crippen molar-refractivity contribution in [3.63, 3.8) is 0 Å². The number of ether oxygens (including phenoxy) is 2. The van der Waals surface area contributed by atoms with E-state index in [1.54, 1.807) is 109 Å². The topological polar surface area (TPSA) is 157 Å². The molecule has 0 unspecified atom stereocenters. The lowest BCUT2D eigenvalue weighted by atomic mass is 10.3. The Morgan fingerprint density at radius 3 is 1.03 bits per heavy atom. The van der Waals surface area contributed by atoms with E-state index in [2.05, 4.69) is 0 Å². The number of nitrogens with two attached hydrogens (primary N) is 4. The van der Waals surface area contributed by atoms with Crippen LogP contribution in [0.4, 0.5) is 22.7 Å². The van der Waals surface area contributed by atoms with Crippen LogP contribution in [0, 0.1) is 0 Å². The molecule has 0 saturated heterocycles. The summed E-state index contributed by atoms with van der Waals surface area (Å²) >= 11 is 0. The maximum absolute atomic E-state index is 13.6. The molecule has 8 nitrogen and oxygen atoms in total. The van der Waals surface area contributed by atoms with Gasteiger partial charge in [-0.1, -0.05) is 24.3 Å². The molecule has 5 rings (SSSR count). The predicted molar refractivity (Wildman–Crippen MR) is 155 cm³/mol. The summed E-state index contributed by atoms with van der Waals surface area (Å²) in [6.45, 7) is 0. The third-order valence-electron chi connectivity index (χ3n) is 5.43. The van der Waals surface area contributed by atoms with Crippen molar-refractivity contribution in [2.75, 3.05) is 22.9 Å². The van der Waals surface area contributed by atoms with Crippen molar-refractivity contribution >= 4 is 32.6 Å². The smallest absolute Gasteiger partial charge is 0.213 e. The molecule has 0 fully saturated rings. The van der Waals surface area contributed by atoms with Crippen molar-refractivity contribution in [2.45, 2.75) is 9.79 Å². The lowest BCUT2D eigenvalue weighted by Crippen LogP contribution is -2.06. The van der Waals surface area contributed by atoms with Gasteiger partial charge in [-0.25, -0.2) is 8.42 Å². The van der Waals surface area contributed by atoms with Gasteiger partial charge in [0.2, 0.25) is 9.84 Å². The third-order valence-corrected chi connectivity index (χ3v) is 7.26. The maximum atomic E-state index is 13.6. The Kier molecular flexibility index (Phi) is 8.23. The summed E-state index contributed by atoms with van der Waals surface area (Å²) in [5.74, 6) is 1.36. The highest BCUT2D eigenvalue weighted by Gasteiger charge is 2.26. The van der Waals surface area contributed by atoms with Gasteiger partial charge in [0.15, 0.2) is 0 Å². The van der Waals surface area contributed by atoms with Crippen molar-refractivity contribution in [3.05, 3.63) is 121 Å². The standard InChI is InChI=1S/C24H20N2O4S.C6H8N2/c25-17-9-13-19(14-10-17)29-21-5-1-3-7-23(21)31(27,28)24-8-4-2-6-22(24)30-20-15-11-18(26)12-16-20;7-5-1-2-6(8)4-3-5/h1-16H,25-26H2;1-4H,7-8H2. The molecule has 0 heterocycles. The Bertz CT molecular complexity index is 1520. The maximum Gasteiger partial charge on any atom is 0.213 e. The van der Waals surface area contributed by atoms with E-state index in [1.165, 1.54) is 12.1 Å². The van der Waals surface area contributed by atoms with E-state index in [-0.39, 0.29) is 21.3 Å². The first-order valence-electron chi connectivity index (χ1n) is 11.8. The van der Waals surface area contributed by atoms with Crippen molar-refractivity contribution in [1.82, 2.24) is 0 Å². The number of anilines is 4. The van der Waals surface area contributed by atoms with Gasteiger partial charge in [0.05, 0.1) is 0 Å². The van der Waals surface area contributed by atoms with Crippen LogP contribution in [0.15, 0.2) is 131 Å². The molecule has 0 aromatic heterocycles. The average molecular weight is 541 g/mol. The summed E-state index contributed by atoms with van der Waals surface area (Å²) < 4.78 is 38.8. The molecule has 39 heavy (non-hydrogen) atoms. The van der Waals surface area contributed by atoms with Gasteiger partial charge in [0.25, 0.3) is 0 Å². The first kappa shape index (κ1) is 26.9. The second-order valence-electron chi connectivity index (χ2n) is 8.41. The monoisotopic (exact) mass is 540 g/mol. The highest BCUT2D eigenvalue weighted by molar-refractivity contribution is 7.91. The Morgan fingerprint density at radius 2 is 0.692 bits per heavy atom. The molecule has 0 radical (unpaired) electrons. The third kappa shape index (κ3) is 7.00. The molecule has 0 aliphatic carbocycles. The molecule has 0 atom stereocenters. The molecule has 5 aromatic rings. The molecule has 8 N–H and O–H groups in total. The summed E-state index contributed by atoms with van der Waals surface area (Å²) in [5, 5.41) is 0. The van der Waals surface area contributed by atoms with Crippen molar-refractivity contribution in [2.24, 2.45) is 0 Å². The molecule has 0 bridgehead atoms. The van der Waals surface area contributed by atoms with E-state index in [0.29, 0.717) is 22.9 Å². The number of para-hydroxylation sites is 2. The fraction of sp³-hybridized carbons (Fsp3) is 0. The molecule has 0 aliphatic rings. The Labute approximate surface area is 227 Å². The van der Waals surface area contributed by atoms with E-state index in [4.69, 9.17) is 32.4 Å². The van der Waals surface area contributed by atoms with Gasteiger partial charge in [0.1, 0.15) is 32.8 Å². The quantitative estimate of drug-likeness (QED) is 0.188. The minimum atomic E-state index is -3.96. The molecular weight excluding hydrogens is 512 g/mol. The first-order valence-corrected chi connectivity index (χ1v) is 13.3. The van der Waals surface area contributed by atoms with Crippen molar-refractivity contribution < 1.29 is 17.9 Å². The molecule has 0 saturated carbocycles. The van der Waals surface area contributed by atoms with E-state index in [1.807, 2.05) is 0 Å². The lowest BCUT2D eigenvalue weighted by Gasteiger charge is -2.15. The van der Waals surface area contributed by atoms with Gasteiger partial charge < -0.3 is 32.4 Å². The SMILES string of the molecule is Nc1ccc(N)cc1.Nc1ccc(Oc2ccccc2S(=O)(=O)c2ccccc2Oc2ccc(N)cc2)cc1. The van der Waals surface area contributed by atoms with Crippen LogP contribution in [0.2, 0.25) is 0 Å². The minimum absolute atomic E-state index is 0.0279. The molecule has 0 aliphatic heterocycles. The number of sulfone groups is 1. The van der Waals surface area contributed by atoms with Crippen LogP contribution in [0.3, 0.4) is 0 Å². The number of nitrogen functional groups attached to an aromatic ring is 4. The number of benzene rings is 5. The normalized spacial score (nSPS) is 10.7. The fourth-order valence-electron chi connectivity index (χ4n) is 3.45. The van der Waals surface area contributed by atoms with Crippen LogP contribution in [-0.2, 0) is 9.84 Å². The van der Waals surface area contributed by atoms with E-state index >= 15 is 0 Å². The highest BCUT2D eigenvalue weighted by Crippen LogP contribution is 2.37. The zero-order chi connectivity index (χ0) is 27.8. The summed E-state index contributed by atoms with van der Waals surface area (Å²) in [6, 6.07) is 33.5. The zero-order valence-electron chi connectivity index (χ0n) is 20.9. The highest BCUT2D eigenvalue weighted by atomic mass is 32.2. The van der Waals surface area contributed by atoms with Gasteiger partial charge >= 0.3 is 0 Å². The van der Waals surface area contributed by atoms with Crippen LogP contribution in [0.1, 0.15) is 0 Å². The second kappa shape index (κ2) is 11.9. The van der Waals surface area contributed by atoms with Crippen LogP contribution in [0.5, 0.6) is 23.0 Å².